The molecule has 0 aliphatic heterocycles. The van der Waals surface area contributed by atoms with Gasteiger partial charge in [-0.1, -0.05) is 146 Å². The lowest BCUT2D eigenvalue weighted by Gasteiger charge is -2.26. The summed E-state index contributed by atoms with van der Waals surface area (Å²) < 4.78 is 6.39. The van der Waals surface area contributed by atoms with Crippen LogP contribution in [0.3, 0.4) is 0 Å². The molecule has 0 saturated heterocycles. The molecule has 0 N–H and O–H groups in total. The molecule has 0 aliphatic carbocycles. The molecule has 0 amide bonds. The van der Waals surface area contributed by atoms with Crippen LogP contribution in [0.2, 0.25) is 0 Å². The summed E-state index contributed by atoms with van der Waals surface area (Å²) in [5, 5.41) is 9.82. The van der Waals surface area contributed by atoms with Crippen molar-refractivity contribution in [1.82, 2.24) is 0 Å². The van der Waals surface area contributed by atoms with Crippen LogP contribution in [0.1, 0.15) is 0 Å². The average Bonchev–Trinajstić information content (AvgIpc) is 3.58. The second-order valence-corrected chi connectivity index (χ2v) is 12.9. The molecule has 0 spiro atoms. The number of anilines is 3. The summed E-state index contributed by atoms with van der Waals surface area (Å²) in [6.45, 7) is 0. The zero-order chi connectivity index (χ0) is 33.0. The molecule has 2 nitrogen and oxygen atoms in total. The van der Waals surface area contributed by atoms with Gasteiger partial charge in [0, 0.05) is 33.4 Å². The maximum Gasteiger partial charge on any atom is 0.143 e. The third kappa shape index (κ3) is 4.65. The molecule has 50 heavy (non-hydrogen) atoms. The Balaban J connectivity index is 1.12. The molecule has 234 valence electrons. The Hall–Kier alpha value is -6.64. The van der Waals surface area contributed by atoms with Gasteiger partial charge in [0.05, 0.1) is 0 Å². The molecule has 0 radical (unpaired) electrons. The quantitative estimate of drug-likeness (QED) is 0.175. The highest BCUT2D eigenvalue weighted by atomic mass is 16.3. The van der Waals surface area contributed by atoms with E-state index in [2.05, 4.69) is 181 Å². The fourth-order valence-electron chi connectivity index (χ4n) is 7.59. The average molecular weight is 638 g/mol. The highest BCUT2D eigenvalue weighted by molar-refractivity contribution is 6.18. The second-order valence-electron chi connectivity index (χ2n) is 12.9. The lowest BCUT2D eigenvalue weighted by molar-refractivity contribution is 0.670. The summed E-state index contributed by atoms with van der Waals surface area (Å²) in [7, 11) is 0. The fraction of sp³-hybridized carbons (Fsp3) is 0. The van der Waals surface area contributed by atoms with Crippen molar-refractivity contribution in [3.05, 3.63) is 188 Å². The lowest BCUT2D eigenvalue weighted by Crippen LogP contribution is -2.09. The van der Waals surface area contributed by atoms with Crippen LogP contribution in [-0.2, 0) is 0 Å². The number of hydrogen-bond donors (Lipinski definition) is 0. The van der Waals surface area contributed by atoms with Gasteiger partial charge in [0.2, 0.25) is 0 Å². The molecule has 0 bridgehead atoms. The first-order valence-corrected chi connectivity index (χ1v) is 17.1. The summed E-state index contributed by atoms with van der Waals surface area (Å²) in [5.74, 6) is 0. The predicted molar refractivity (Wildman–Crippen MR) is 212 cm³/mol. The van der Waals surface area contributed by atoms with E-state index in [1.54, 1.807) is 0 Å². The third-order valence-electron chi connectivity index (χ3n) is 10.1. The Morgan fingerprint density at radius 2 is 0.880 bits per heavy atom. The number of rotatable bonds is 5. The van der Waals surface area contributed by atoms with Gasteiger partial charge in [-0.15, -0.1) is 0 Å². The van der Waals surface area contributed by atoms with E-state index in [1.165, 1.54) is 43.4 Å². The first kappa shape index (κ1) is 28.4. The van der Waals surface area contributed by atoms with E-state index in [0.29, 0.717) is 0 Å². The van der Waals surface area contributed by atoms with E-state index in [9.17, 15) is 0 Å². The van der Waals surface area contributed by atoms with Crippen molar-refractivity contribution in [2.45, 2.75) is 0 Å². The minimum Gasteiger partial charge on any atom is -0.455 e. The van der Waals surface area contributed by atoms with Gasteiger partial charge < -0.3 is 9.32 Å². The predicted octanol–water partition coefficient (Wildman–Crippen LogP) is 13.8. The monoisotopic (exact) mass is 637 g/mol. The first-order chi connectivity index (χ1) is 24.8. The van der Waals surface area contributed by atoms with E-state index < -0.39 is 0 Å². The van der Waals surface area contributed by atoms with E-state index in [-0.39, 0.29) is 0 Å². The van der Waals surface area contributed by atoms with Gasteiger partial charge >= 0.3 is 0 Å². The topological polar surface area (TPSA) is 16.4 Å². The fourth-order valence-corrected chi connectivity index (χ4v) is 7.59. The van der Waals surface area contributed by atoms with Crippen molar-refractivity contribution < 1.29 is 4.42 Å². The molecule has 0 saturated carbocycles. The normalized spacial score (nSPS) is 11.6. The largest absolute Gasteiger partial charge is 0.455 e. The Morgan fingerprint density at radius 1 is 0.320 bits per heavy atom. The number of fused-ring (bicyclic) bond motifs is 8. The Kier molecular flexibility index (Phi) is 6.53. The molecule has 0 aliphatic rings. The van der Waals surface area contributed by atoms with E-state index in [1.807, 2.05) is 12.1 Å². The standard InChI is InChI=1S/C48H31NO/c1-2-9-32(10-3-1)33-17-24-37(25-18-33)49(39-28-21-36-23-29-42-40-12-5-4-11-34(40)22-30-43(42)46(36)31-39)38-26-19-35(20-27-38)41-14-8-15-45-44-13-6-7-16-47(44)50-48(41)45/h1-31H. The maximum atomic E-state index is 6.39. The second kappa shape index (κ2) is 11.5. The zero-order valence-electron chi connectivity index (χ0n) is 27.3. The maximum absolute atomic E-state index is 6.39. The first-order valence-electron chi connectivity index (χ1n) is 17.1. The SMILES string of the molecule is c1ccc(-c2ccc(N(c3ccc(-c4cccc5c4oc4ccccc45)cc3)c3ccc4ccc5c6ccccc6ccc5c4c3)cc2)cc1. The summed E-state index contributed by atoms with van der Waals surface area (Å²) in [6.07, 6.45) is 0. The summed E-state index contributed by atoms with van der Waals surface area (Å²) >= 11 is 0. The lowest BCUT2D eigenvalue weighted by atomic mass is 9.96. The van der Waals surface area contributed by atoms with Gasteiger partial charge in [0.15, 0.2) is 0 Å². The van der Waals surface area contributed by atoms with E-state index >= 15 is 0 Å². The van der Waals surface area contributed by atoms with Gasteiger partial charge in [-0.05, 0) is 91.5 Å². The minimum atomic E-state index is 0.911. The van der Waals surface area contributed by atoms with Crippen LogP contribution >= 0.6 is 0 Å². The van der Waals surface area contributed by atoms with Crippen LogP contribution in [0.4, 0.5) is 17.1 Å². The Bertz CT molecular complexity index is 2850. The zero-order valence-corrected chi connectivity index (χ0v) is 27.3. The number of furan rings is 1. The Labute approximate surface area is 290 Å². The molecular weight excluding hydrogens is 607 g/mol. The molecule has 2 heteroatoms. The number of benzene rings is 9. The van der Waals surface area contributed by atoms with Crippen LogP contribution in [-0.4, -0.2) is 0 Å². The minimum absolute atomic E-state index is 0.911. The van der Waals surface area contributed by atoms with Gasteiger partial charge in [-0.2, -0.15) is 0 Å². The van der Waals surface area contributed by atoms with Gasteiger partial charge in [-0.3, -0.25) is 0 Å². The van der Waals surface area contributed by atoms with E-state index in [4.69, 9.17) is 4.42 Å². The van der Waals surface area contributed by atoms with Crippen molar-refractivity contribution in [3.63, 3.8) is 0 Å². The molecule has 10 aromatic rings. The van der Waals surface area contributed by atoms with Crippen molar-refractivity contribution in [2.24, 2.45) is 0 Å². The molecule has 0 fully saturated rings. The molecule has 0 atom stereocenters. The molecule has 10 rings (SSSR count). The van der Waals surface area contributed by atoms with Crippen molar-refractivity contribution >= 4 is 71.3 Å². The number of para-hydroxylation sites is 2. The van der Waals surface area contributed by atoms with Crippen LogP contribution in [0, 0.1) is 0 Å². The van der Waals surface area contributed by atoms with Crippen molar-refractivity contribution in [3.8, 4) is 22.3 Å². The van der Waals surface area contributed by atoms with Crippen LogP contribution in [0.25, 0.3) is 76.5 Å². The van der Waals surface area contributed by atoms with E-state index in [0.717, 1.165) is 50.1 Å². The van der Waals surface area contributed by atoms with Crippen molar-refractivity contribution in [1.29, 1.82) is 0 Å². The summed E-state index contributed by atoms with van der Waals surface area (Å²) in [5.41, 5.74) is 9.74. The molecule has 0 unspecified atom stereocenters. The van der Waals surface area contributed by atoms with Crippen LogP contribution < -0.4 is 4.90 Å². The third-order valence-corrected chi connectivity index (χ3v) is 10.1. The smallest absolute Gasteiger partial charge is 0.143 e. The number of nitrogens with zero attached hydrogens (tertiary/aromatic N) is 1. The highest BCUT2D eigenvalue weighted by Gasteiger charge is 2.17. The van der Waals surface area contributed by atoms with Gasteiger partial charge in [-0.25, -0.2) is 0 Å². The summed E-state index contributed by atoms with van der Waals surface area (Å²) in [4.78, 5) is 2.36. The molecule has 9 aromatic carbocycles. The molecule has 1 aromatic heterocycles. The summed E-state index contributed by atoms with van der Waals surface area (Å²) in [6, 6.07) is 67.5. The van der Waals surface area contributed by atoms with Crippen LogP contribution in [0.15, 0.2) is 192 Å². The Morgan fingerprint density at radius 3 is 1.66 bits per heavy atom. The van der Waals surface area contributed by atoms with Gasteiger partial charge in [0.25, 0.3) is 0 Å². The van der Waals surface area contributed by atoms with Crippen molar-refractivity contribution in [2.75, 3.05) is 4.90 Å². The highest BCUT2D eigenvalue weighted by Crippen LogP contribution is 2.41. The van der Waals surface area contributed by atoms with Gasteiger partial charge in [0.1, 0.15) is 11.2 Å². The van der Waals surface area contributed by atoms with Crippen LogP contribution in [0.5, 0.6) is 0 Å². The molecule has 1 heterocycles. The molecular formula is C48H31NO. The number of hydrogen-bond acceptors (Lipinski definition) is 2.